The fraction of sp³-hybridized carbons (Fsp3) is 0.250. The molecule has 0 amide bonds. The molecule has 8 heteroatoms. The number of hydrogen-bond acceptors (Lipinski definition) is 5. The average Bonchev–Trinajstić information content (AvgIpc) is 2.88. The van der Waals surface area contributed by atoms with E-state index in [9.17, 15) is 14.9 Å². The smallest absolute Gasteiger partial charge is 0.328 e. The highest BCUT2D eigenvalue weighted by atomic mass is 16.6. The van der Waals surface area contributed by atoms with E-state index in [4.69, 9.17) is 5.11 Å². The largest absolute Gasteiger partial charge is 0.480 e. The number of aromatic nitrogens is 3. The molecule has 2 aromatic rings. The molecule has 1 unspecified atom stereocenters. The SMILES string of the molecule is CCC(C(=O)O)n1nncc1-c1ccc([N+](=O)[O-])cc1. The van der Waals surface area contributed by atoms with Crippen molar-refractivity contribution in [1.82, 2.24) is 15.0 Å². The Balaban J connectivity index is 2.41. The lowest BCUT2D eigenvalue weighted by molar-refractivity contribution is -0.384. The third-order valence-electron chi connectivity index (χ3n) is 2.92. The molecule has 0 saturated carbocycles. The maximum Gasteiger partial charge on any atom is 0.328 e. The van der Waals surface area contributed by atoms with Crippen LogP contribution in [0.4, 0.5) is 5.69 Å². The van der Waals surface area contributed by atoms with E-state index in [1.54, 1.807) is 19.1 Å². The van der Waals surface area contributed by atoms with Crippen LogP contribution >= 0.6 is 0 Å². The molecule has 0 aliphatic carbocycles. The first-order valence-electron chi connectivity index (χ1n) is 5.92. The molecule has 20 heavy (non-hydrogen) atoms. The van der Waals surface area contributed by atoms with E-state index in [0.717, 1.165) is 0 Å². The van der Waals surface area contributed by atoms with E-state index in [0.29, 0.717) is 17.7 Å². The first kappa shape index (κ1) is 13.7. The van der Waals surface area contributed by atoms with Crippen LogP contribution in [0.1, 0.15) is 19.4 Å². The van der Waals surface area contributed by atoms with Gasteiger partial charge in [0.05, 0.1) is 16.8 Å². The van der Waals surface area contributed by atoms with E-state index in [2.05, 4.69) is 10.3 Å². The molecule has 0 fully saturated rings. The fourth-order valence-electron chi connectivity index (χ4n) is 1.89. The molecule has 104 valence electrons. The Hall–Kier alpha value is -2.77. The van der Waals surface area contributed by atoms with Crippen molar-refractivity contribution in [2.24, 2.45) is 0 Å². The third-order valence-corrected chi connectivity index (χ3v) is 2.92. The van der Waals surface area contributed by atoms with Crippen LogP contribution in [0.25, 0.3) is 11.3 Å². The van der Waals surface area contributed by atoms with Crippen molar-refractivity contribution in [1.29, 1.82) is 0 Å². The molecule has 0 radical (unpaired) electrons. The molecule has 1 atom stereocenters. The van der Waals surface area contributed by atoms with Gasteiger partial charge in [-0.1, -0.05) is 12.1 Å². The van der Waals surface area contributed by atoms with Crippen LogP contribution in [0.15, 0.2) is 30.5 Å². The Morgan fingerprint density at radius 3 is 2.60 bits per heavy atom. The molecule has 1 heterocycles. The number of nitrogens with zero attached hydrogens (tertiary/aromatic N) is 4. The Bertz CT molecular complexity index is 635. The minimum Gasteiger partial charge on any atom is -0.480 e. The van der Waals surface area contributed by atoms with Gasteiger partial charge in [0.15, 0.2) is 6.04 Å². The van der Waals surface area contributed by atoms with Gasteiger partial charge in [0.25, 0.3) is 5.69 Å². The highest BCUT2D eigenvalue weighted by molar-refractivity contribution is 5.73. The zero-order valence-electron chi connectivity index (χ0n) is 10.6. The second-order valence-electron chi connectivity index (χ2n) is 4.13. The Kier molecular flexibility index (Phi) is 3.74. The van der Waals surface area contributed by atoms with Crippen LogP contribution < -0.4 is 0 Å². The lowest BCUT2D eigenvalue weighted by Crippen LogP contribution is -2.20. The number of rotatable bonds is 5. The van der Waals surface area contributed by atoms with Crippen molar-refractivity contribution in [3.8, 4) is 11.3 Å². The van der Waals surface area contributed by atoms with Crippen LogP contribution in [0.2, 0.25) is 0 Å². The molecular formula is C12H12N4O4. The molecule has 0 spiro atoms. The van der Waals surface area contributed by atoms with E-state index in [1.165, 1.54) is 23.0 Å². The van der Waals surface area contributed by atoms with Gasteiger partial charge in [0.1, 0.15) is 0 Å². The summed E-state index contributed by atoms with van der Waals surface area (Å²) in [5.74, 6) is -0.999. The highest BCUT2D eigenvalue weighted by Crippen LogP contribution is 2.24. The number of carboxylic acid groups (broad SMARTS) is 1. The zero-order valence-corrected chi connectivity index (χ0v) is 10.6. The lowest BCUT2D eigenvalue weighted by atomic mass is 10.1. The number of carbonyl (C=O) groups is 1. The maximum atomic E-state index is 11.2. The van der Waals surface area contributed by atoms with E-state index in [-0.39, 0.29) is 5.69 Å². The molecule has 0 saturated heterocycles. The van der Waals surface area contributed by atoms with Crippen LogP contribution in [0, 0.1) is 10.1 Å². The van der Waals surface area contributed by atoms with Gasteiger partial charge in [-0.2, -0.15) is 0 Å². The summed E-state index contributed by atoms with van der Waals surface area (Å²) in [5.41, 5.74) is 1.10. The second kappa shape index (κ2) is 5.47. The van der Waals surface area contributed by atoms with Crippen molar-refractivity contribution in [2.45, 2.75) is 19.4 Å². The van der Waals surface area contributed by atoms with Gasteiger partial charge in [0, 0.05) is 17.7 Å². The summed E-state index contributed by atoms with van der Waals surface area (Å²) >= 11 is 0. The molecule has 8 nitrogen and oxygen atoms in total. The number of carboxylic acids is 1. The quantitative estimate of drug-likeness (QED) is 0.659. The van der Waals surface area contributed by atoms with E-state index >= 15 is 0 Å². The predicted molar refractivity (Wildman–Crippen MR) is 69.1 cm³/mol. The van der Waals surface area contributed by atoms with Gasteiger partial charge in [-0.25, -0.2) is 9.48 Å². The molecule has 0 bridgehead atoms. The monoisotopic (exact) mass is 276 g/mol. The second-order valence-corrected chi connectivity index (χ2v) is 4.13. The van der Waals surface area contributed by atoms with Crippen LogP contribution in [-0.2, 0) is 4.79 Å². The zero-order chi connectivity index (χ0) is 14.7. The maximum absolute atomic E-state index is 11.2. The molecule has 2 rings (SSSR count). The summed E-state index contributed by atoms with van der Waals surface area (Å²) in [4.78, 5) is 21.3. The minimum absolute atomic E-state index is 0.0296. The minimum atomic E-state index is -0.999. The summed E-state index contributed by atoms with van der Waals surface area (Å²) < 4.78 is 1.31. The first-order chi connectivity index (χ1) is 9.54. The Morgan fingerprint density at radius 2 is 2.10 bits per heavy atom. The molecular weight excluding hydrogens is 264 g/mol. The van der Waals surface area contributed by atoms with Crippen LogP contribution in [0.5, 0.6) is 0 Å². The van der Waals surface area contributed by atoms with E-state index in [1.807, 2.05) is 0 Å². The first-order valence-corrected chi connectivity index (χ1v) is 5.92. The molecule has 1 aromatic carbocycles. The average molecular weight is 276 g/mol. The van der Waals surface area contributed by atoms with Crippen molar-refractivity contribution in [3.63, 3.8) is 0 Å². The van der Waals surface area contributed by atoms with Crippen LogP contribution in [0.3, 0.4) is 0 Å². The number of benzene rings is 1. The summed E-state index contributed by atoms with van der Waals surface area (Å²) in [6, 6.07) is 4.98. The molecule has 0 aliphatic heterocycles. The number of nitro groups is 1. The summed E-state index contributed by atoms with van der Waals surface area (Å²) in [7, 11) is 0. The Labute approximate surface area is 113 Å². The number of aliphatic carboxylic acids is 1. The Morgan fingerprint density at radius 1 is 1.45 bits per heavy atom. The highest BCUT2D eigenvalue weighted by Gasteiger charge is 2.22. The summed E-state index contributed by atoms with van der Waals surface area (Å²) in [6.07, 6.45) is 1.80. The van der Waals surface area contributed by atoms with Crippen molar-refractivity contribution >= 4 is 11.7 Å². The van der Waals surface area contributed by atoms with Gasteiger partial charge >= 0.3 is 5.97 Å². The van der Waals surface area contributed by atoms with Gasteiger partial charge in [-0.3, -0.25) is 10.1 Å². The normalized spacial score (nSPS) is 12.1. The standard InChI is InChI=1S/C12H12N4O4/c1-2-10(12(17)18)15-11(7-13-14-15)8-3-5-9(6-4-8)16(19)20/h3-7,10H,2H2,1H3,(H,17,18). The van der Waals surface area contributed by atoms with E-state index < -0.39 is 16.9 Å². The van der Waals surface area contributed by atoms with Crippen molar-refractivity contribution in [2.75, 3.05) is 0 Å². The van der Waals surface area contributed by atoms with Gasteiger partial charge in [0.2, 0.25) is 0 Å². The predicted octanol–water partition coefficient (Wildman–Crippen LogP) is 1.89. The van der Waals surface area contributed by atoms with Gasteiger partial charge in [-0.05, 0) is 18.6 Å². The fourth-order valence-corrected chi connectivity index (χ4v) is 1.89. The van der Waals surface area contributed by atoms with Crippen LogP contribution in [-0.4, -0.2) is 31.0 Å². The molecule has 1 aromatic heterocycles. The topological polar surface area (TPSA) is 111 Å². The lowest BCUT2D eigenvalue weighted by Gasteiger charge is -2.12. The van der Waals surface area contributed by atoms with Gasteiger partial charge in [-0.15, -0.1) is 5.10 Å². The summed E-state index contributed by atoms with van der Waals surface area (Å²) in [5, 5.41) is 27.3. The molecule has 1 N–H and O–H groups in total. The number of nitro benzene ring substituents is 1. The number of non-ortho nitro benzene ring substituents is 1. The molecule has 0 aliphatic rings. The van der Waals surface area contributed by atoms with Crippen molar-refractivity contribution < 1.29 is 14.8 Å². The van der Waals surface area contributed by atoms with Gasteiger partial charge < -0.3 is 5.11 Å². The summed E-state index contributed by atoms with van der Waals surface area (Å²) in [6.45, 7) is 1.74. The van der Waals surface area contributed by atoms with Crippen molar-refractivity contribution in [3.05, 3.63) is 40.6 Å². The number of hydrogen-bond donors (Lipinski definition) is 1. The third kappa shape index (κ3) is 2.48.